The molecule has 3 nitrogen and oxygen atoms in total. The smallest absolute Gasteiger partial charge is 0.122 e. The van der Waals surface area contributed by atoms with Crippen molar-refractivity contribution in [3.63, 3.8) is 0 Å². The lowest BCUT2D eigenvalue weighted by molar-refractivity contribution is 0.156. The summed E-state index contributed by atoms with van der Waals surface area (Å²) in [4.78, 5) is 0. The summed E-state index contributed by atoms with van der Waals surface area (Å²) in [5.41, 5.74) is 1.51. The Hall–Kier alpha value is -1.06. The first-order valence-electron chi connectivity index (χ1n) is 7.95. The number of nitrogens with one attached hydrogen (secondary N) is 1. The molecule has 0 aliphatic heterocycles. The molecule has 0 amide bonds. The van der Waals surface area contributed by atoms with Gasteiger partial charge in [0.25, 0.3) is 0 Å². The molecule has 1 saturated carbocycles. The molecular weight excluding hydrogens is 262 g/mol. The van der Waals surface area contributed by atoms with Gasteiger partial charge in [0.05, 0.1) is 7.11 Å². The Balaban J connectivity index is 1.91. The van der Waals surface area contributed by atoms with Crippen LogP contribution in [0, 0.1) is 5.41 Å². The van der Waals surface area contributed by atoms with Gasteiger partial charge in [-0.1, -0.05) is 39.0 Å². The average molecular weight is 291 g/mol. The van der Waals surface area contributed by atoms with Gasteiger partial charge in [0.15, 0.2) is 0 Å². The Kier molecular flexibility index (Phi) is 5.28. The first-order chi connectivity index (χ1) is 9.95. The standard InChI is InChI=1S/C18H29NO2/c1-18(2,3)17(9-10-20)19-14-11-13(12-14)15-7-5-6-8-16(15)21-4/h5-8,13-14,17,19-20H,9-12H2,1-4H3. The van der Waals surface area contributed by atoms with Gasteiger partial charge in [-0.2, -0.15) is 0 Å². The molecule has 1 aromatic carbocycles. The number of methoxy groups -OCH3 is 1. The third kappa shape index (κ3) is 3.98. The highest BCUT2D eigenvalue weighted by Crippen LogP contribution is 2.41. The van der Waals surface area contributed by atoms with Gasteiger partial charge < -0.3 is 15.2 Å². The number of benzene rings is 1. The molecule has 1 aromatic rings. The Morgan fingerprint density at radius 1 is 1.29 bits per heavy atom. The van der Waals surface area contributed by atoms with Gasteiger partial charge in [-0.25, -0.2) is 0 Å². The van der Waals surface area contributed by atoms with E-state index >= 15 is 0 Å². The predicted molar refractivity (Wildman–Crippen MR) is 86.8 cm³/mol. The minimum Gasteiger partial charge on any atom is -0.496 e. The topological polar surface area (TPSA) is 41.5 Å². The van der Waals surface area contributed by atoms with Crippen molar-refractivity contribution < 1.29 is 9.84 Å². The van der Waals surface area contributed by atoms with Gasteiger partial charge in [0.1, 0.15) is 5.75 Å². The van der Waals surface area contributed by atoms with E-state index in [9.17, 15) is 5.11 Å². The van der Waals surface area contributed by atoms with Crippen LogP contribution >= 0.6 is 0 Å². The molecule has 1 aliphatic carbocycles. The van der Waals surface area contributed by atoms with Crippen LogP contribution < -0.4 is 10.1 Å². The van der Waals surface area contributed by atoms with Crippen molar-refractivity contribution in [1.82, 2.24) is 5.32 Å². The van der Waals surface area contributed by atoms with Crippen molar-refractivity contribution in [2.24, 2.45) is 5.41 Å². The fraction of sp³-hybridized carbons (Fsp3) is 0.667. The number of hydrogen-bond acceptors (Lipinski definition) is 3. The molecule has 0 radical (unpaired) electrons. The molecule has 3 heteroatoms. The highest BCUT2D eigenvalue weighted by atomic mass is 16.5. The van der Waals surface area contributed by atoms with Crippen LogP contribution in [0.1, 0.15) is 51.5 Å². The number of rotatable bonds is 6. The van der Waals surface area contributed by atoms with Gasteiger partial charge in [-0.3, -0.25) is 0 Å². The summed E-state index contributed by atoms with van der Waals surface area (Å²) >= 11 is 0. The molecule has 0 spiro atoms. The molecule has 118 valence electrons. The largest absolute Gasteiger partial charge is 0.496 e. The molecular formula is C18H29NO2. The SMILES string of the molecule is COc1ccccc1C1CC(NC(CCO)C(C)(C)C)C1. The summed E-state index contributed by atoms with van der Waals surface area (Å²) in [7, 11) is 1.74. The molecule has 1 aliphatic rings. The summed E-state index contributed by atoms with van der Waals surface area (Å²) in [5.74, 6) is 1.59. The molecule has 21 heavy (non-hydrogen) atoms. The van der Waals surface area contributed by atoms with Crippen molar-refractivity contribution in [2.45, 2.75) is 58.0 Å². The zero-order chi connectivity index (χ0) is 15.5. The van der Waals surface area contributed by atoms with Crippen LogP contribution in [0.5, 0.6) is 5.75 Å². The monoisotopic (exact) mass is 291 g/mol. The number of ether oxygens (including phenoxy) is 1. The first kappa shape index (κ1) is 16.3. The summed E-state index contributed by atoms with van der Waals surface area (Å²) in [6, 6.07) is 9.24. The van der Waals surface area contributed by atoms with Crippen LogP contribution in [0.25, 0.3) is 0 Å². The fourth-order valence-corrected chi connectivity index (χ4v) is 3.19. The molecule has 2 N–H and O–H groups in total. The van der Waals surface area contributed by atoms with E-state index in [1.54, 1.807) is 7.11 Å². The number of aliphatic hydroxyl groups is 1. The third-order valence-corrected chi connectivity index (χ3v) is 4.62. The fourth-order valence-electron chi connectivity index (χ4n) is 3.19. The molecule has 1 fully saturated rings. The lowest BCUT2D eigenvalue weighted by Crippen LogP contribution is -2.50. The van der Waals surface area contributed by atoms with E-state index in [2.05, 4.69) is 38.2 Å². The highest BCUT2D eigenvalue weighted by molar-refractivity contribution is 5.37. The first-order valence-corrected chi connectivity index (χ1v) is 7.95. The summed E-state index contributed by atoms with van der Waals surface area (Å²) in [6.07, 6.45) is 3.12. The molecule has 1 atom stereocenters. The molecule has 0 aromatic heterocycles. The van der Waals surface area contributed by atoms with Crippen molar-refractivity contribution in [1.29, 1.82) is 0 Å². The van der Waals surface area contributed by atoms with Crippen LogP contribution in [-0.4, -0.2) is 30.9 Å². The minimum atomic E-state index is 0.179. The minimum absolute atomic E-state index is 0.179. The maximum atomic E-state index is 9.25. The van der Waals surface area contributed by atoms with E-state index in [0.29, 0.717) is 18.0 Å². The lowest BCUT2D eigenvalue weighted by atomic mass is 9.74. The second kappa shape index (κ2) is 6.80. The Morgan fingerprint density at radius 2 is 1.95 bits per heavy atom. The van der Waals surface area contributed by atoms with Crippen molar-refractivity contribution in [3.8, 4) is 5.75 Å². The quantitative estimate of drug-likeness (QED) is 0.845. The molecule has 1 unspecified atom stereocenters. The second-order valence-electron chi connectivity index (χ2n) is 7.20. The van der Waals surface area contributed by atoms with Crippen molar-refractivity contribution in [2.75, 3.05) is 13.7 Å². The van der Waals surface area contributed by atoms with Crippen LogP contribution in [0.15, 0.2) is 24.3 Å². The third-order valence-electron chi connectivity index (χ3n) is 4.62. The number of para-hydroxylation sites is 1. The van der Waals surface area contributed by atoms with Gasteiger partial charge in [-0.05, 0) is 42.2 Å². The Bertz CT molecular complexity index is 447. The maximum Gasteiger partial charge on any atom is 0.122 e. The highest BCUT2D eigenvalue weighted by Gasteiger charge is 2.35. The maximum absolute atomic E-state index is 9.25. The Morgan fingerprint density at radius 3 is 2.52 bits per heavy atom. The van der Waals surface area contributed by atoms with Crippen LogP contribution in [-0.2, 0) is 0 Å². The van der Waals surface area contributed by atoms with E-state index in [1.165, 1.54) is 5.56 Å². The van der Waals surface area contributed by atoms with Crippen LogP contribution in [0.3, 0.4) is 0 Å². The number of aliphatic hydroxyl groups excluding tert-OH is 1. The summed E-state index contributed by atoms with van der Waals surface area (Å²) in [6.45, 7) is 6.95. The van der Waals surface area contributed by atoms with Gasteiger partial charge in [0, 0.05) is 18.7 Å². The van der Waals surface area contributed by atoms with E-state index in [-0.39, 0.29) is 12.0 Å². The van der Waals surface area contributed by atoms with Crippen molar-refractivity contribution >= 4 is 0 Å². The molecule has 0 heterocycles. The van der Waals surface area contributed by atoms with E-state index in [1.807, 2.05) is 12.1 Å². The summed E-state index contributed by atoms with van der Waals surface area (Å²) in [5, 5.41) is 13.0. The normalized spacial score (nSPS) is 23.5. The molecule has 0 bridgehead atoms. The zero-order valence-corrected chi connectivity index (χ0v) is 13.7. The van der Waals surface area contributed by atoms with Gasteiger partial charge in [0.2, 0.25) is 0 Å². The zero-order valence-electron chi connectivity index (χ0n) is 13.7. The van der Waals surface area contributed by atoms with Gasteiger partial charge in [-0.15, -0.1) is 0 Å². The van der Waals surface area contributed by atoms with E-state index in [4.69, 9.17) is 4.74 Å². The predicted octanol–water partition coefficient (Wildman–Crippen LogP) is 3.33. The van der Waals surface area contributed by atoms with E-state index < -0.39 is 0 Å². The van der Waals surface area contributed by atoms with Crippen molar-refractivity contribution in [3.05, 3.63) is 29.8 Å². The Labute approximate surface area is 128 Å². The van der Waals surface area contributed by atoms with Crippen LogP contribution in [0.2, 0.25) is 0 Å². The van der Waals surface area contributed by atoms with Crippen LogP contribution in [0.4, 0.5) is 0 Å². The number of hydrogen-bond donors (Lipinski definition) is 2. The van der Waals surface area contributed by atoms with E-state index in [0.717, 1.165) is 25.0 Å². The lowest BCUT2D eigenvalue weighted by Gasteiger charge is -2.42. The van der Waals surface area contributed by atoms with Gasteiger partial charge >= 0.3 is 0 Å². The average Bonchev–Trinajstić information content (AvgIpc) is 2.40. The molecule has 2 rings (SSSR count). The second-order valence-corrected chi connectivity index (χ2v) is 7.20. The summed E-state index contributed by atoms with van der Waals surface area (Å²) < 4.78 is 5.46. The molecule has 0 saturated heterocycles.